The number of hydrogen-bond donors (Lipinski definition) is 0. The Bertz CT molecular complexity index is 1540. The third-order valence-corrected chi connectivity index (χ3v) is 7.99. The Hall–Kier alpha value is -4.14. The highest BCUT2D eigenvalue weighted by molar-refractivity contribution is 6.36. The number of benzene rings is 3. The van der Waals surface area contributed by atoms with Crippen LogP contribution in [0.5, 0.6) is 5.75 Å². The van der Waals surface area contributed by atoms with E-state index in [4.69, 9.17) is 27.9 Å². The minimum Gasteiger partial charge on any atom is -0.497 e. The van der Waals surface area contributed by atoms with Crippen molar-refractivity contribution in [3.8, 4) is 17.0 Å². The fraction of sp³-hybridized carbons (Fsp3) is 0.250. The molecule has 2 heterocycles. The van der Waals surface area contributed by atoms with E-state index in [0.717, 1.165) is 16.9 Å². The van der Waals surface area contributed by atoms with Gasteiger partial charge in [0, 0.05) is 42.3 Å². The summed E-state index contributed by atoms with van der Waals surface area (Å²) in [5, 5.41) is 9.84. The number of rotatable bonds is 8. The van der Waals surface area contributed by atoms with Gasteiger partial charge < -0.3 is 19.4 Å². The second-order valence-corrected chi connectivity index (χ2v) is 10.9. The van der Waals surface area contributed by atoms with Crippen LogP contribution in [0.1, 0.15) is 28.9 Å². The molecule has 4 aromatic rings. The van der Waals surface area contributed by atoms with Gasteiger partial charge in [0.25, 0.3) is 5.91 Å². The largest absolute Gasteiger partial charge is 0.497 e. The topological polar surface area (TPSA) is 78.9 Å². The van der Waals surface area contributed by atoms with Crippen LogP contribution < -0.4 is 9.64 Å². The van der Waals surface area contributed by atoms with Gasteiger partial charge in [0.1, 0.15) is 12.3 Å². The molecule has 0 saturated carbocycles. The van der Waals surface area contributed by atoms with Gasteiger partial charge in [-0.3, -0.25) is 9.59 Å². The van der Waals surface area contributed by atoms with E-state index in [1.807, 2.05) is 55.5 Å². The van der Waals surface area contributed by atoms with Crippen LogP contribution in [0, 0.1) is 0 Å². The lowest BCUT2D eigenvalue weighted by Crippen LogP contribution is -2.52. The number of piperazine rings is 1. The van der Waals surface area contributed by atoms with Crippen molar-refractivity contribution in [3.63, 3.8) is 0 Å². The van der Waals surface area contributed by atoms with Gasteiger partial charge in [0.15, 0.2) is 5.82 Å². The van der Waals surface area contributed by atoms with Crippen LogP contribution in [-0.4, -0.2) is 71.6 Å². The summed E-state index contributed by atoms with van der Waals surface area (Å²) < 4.78 is 5.32. The number of amides is 2. The summed E-state index contributed by atoms with van der Waals surface area (Å²) >= 11 is 12.3. The van der Waals surface area contributed by atoms with Crippen LogP contribution >= 0.6 is 23.2 Å². The monoisotopic (exact) mass is 603 g/mol. The quantitative estimate of drug-likeness (QED) is 0.245. The van der Waals surface area contributed by atoms with Gasteiger partial charge in [-0.15, -0.1) is 10.2 Å². The highest BCUT2D eigenvalue weighted by Gasteiger charge is 2.29. The Labute approximate surface area is 255 Å². The lowest BCUT2D eigenvalue weighted by Gasteiger charge is -2.37. The average molecular weight is 605 g/mol. The van der Waals surface area contributed by atoms with Crippen molar-refractivity contribution >= 4 is 40.8 Å². The number of nitrogens with zero attached hydrogens (tertiary/aromatic N) is 5. The normalized spacial score (nSPS) is 13.9. The highest BCUT2D eigenvalue weighted by Crippen LogP contribution is 2.29. The Balaban J connectivity index is 1.26. The summed E-state index contributed by atoms with van der Waals surface area (Å²) in [4.78, 5) is 32.8. The summed E-state index contributed by atoms with van der Waals surface area (Å²) in [5.74, 6) is 0.979. The molecule has 0 aliphatic carbocycles. The van der Waals surface area contributed by atoms with Crippen LogP contribution in [0.2, 0.25) is 10.0 Å². The number of ether oxygens (including phenoxy) is 1. The van der Waals surface area contributed by atoms with Crippen molar-refractivity contribution in [3.05, 3.63) is 106 Å². The van der Waals surface area contributed by atoms with Crippen LogP contribution in [0.3, 0.4) is 0 Å². The Kier molecular flexibility index (Phi) is 9.25. The maximum absolute atomic E-state index is 13.7. The molecular weight excluding hydrogens is 573 g/mol. The smallest absolute Gasteiger partial charge is 0.254 e. The Morgan fingerprint density at radius 1 is 0.905 bits per heavy atom. The first-order valence-electron chi connectivity index (χ1n) is 13.7. The van der Waals surface area contributed by atoms with E-state index in [1.165, 1.54) is 0 Å². The standard InChI is InChI=1S/C32H31Cl2N5O3/c1-22(23-7-4-3-5-8-23)39(32(41)24-9-6-10-26(19-24)42-2)21-31(40)38-17-15-37(16-18-38)30-14-13-29(35-36-30)27-12-11-25(33)20-28(27)34/h3-14,19-20,22H,15-18,21H2,1-2H3/t22-/m1/s1. The molecule has 0 spiro atoms. The second kappa shape index (κ2) is 13.2. The van der Waals surface area contributed by atoms with Crippen molar-refractivity contribution in [1.29, 1.82) is 0 Å². The molecule has 5 rings (SSSR count). The summed E-state index contributed by atoms with van der Waals surface area (Å²) in [5.41, 5.74) is 2.83. The minimum absolute atomic E-state index is 0.0392. The van der Waals surface area contributed by atoms with Crippen LogP contribution in [0.4, 0.5) is 5.82 Å². The molecule has 0 radical (unpaired) electrons. The molecule has 1 saturated heterocycles. The van der Waals surface area contributed by atoms with Gasteiger partial charge in [-0.1, -0.05) is 59.6 Å². The second-order valence-electron chi connectivity index (χ2n) is 10.0. The van der Waals surface area contributed by atoms with E-state index in [0.29, 0.717) is 53.2 Å². The van der Waals surface area contributed by atoms with Gasteiger partial charge in [0.2, 0.25) is 5.91 Å². The average Bonchev–Trinajstić information content (AvgIpc) is 3.03. The molecular formula is C32H31Cl2N5O3. The third kappa shape index (κ3) is 6.66. The fourth-order valence-corrected chi connectivity index (χ4v) is 5.49. The van der Waals surface area contributed by atoms with Crippen LogP contribution in [0.25, 0.3) is 11.3 Å². The molecule has 1 aliphatic rings. The molecule has 42 heavy (non-hydrogen) atoms. The fourth-order valence-electron chi connectivity index (χ4n) is 4.98. The molecule has 1 aliphatic heterocycles. The lowest BCUT2D eigenvalue weighted by atomic mass is 10.1. The van der Waals surface area contributed by atoms with Crippen molar-refractivity contribution in [2.24, 2.45) is 0 Å². The Morgan fingerprint density at radius 2 is 1.67 bits per heavy atom. The Morgan fingerprint density at radius 3 is 2.33 bits per heavy atom. The zero-order chi connectivity index (χ0) is 29.6. The molecule has 2 amide bonds. The predicted octanol–water partition coefficient (Wildman–Crippen LogP) is 6.01. The first kappa shape index (κ1) is 29.4. The zero-order valence-corrected chi connectivity index (χ0v) is 24.9. The number of aromatic nitrogens is 2. The molecule has 0 N–H and O–H groups in total. The molecule has 0 unspecified atom stereocenters. The summed E-state index contributed by atoms with van der Waals surface area (Å²) in [6.07, 6.45) is 0. The number of halogens is 2. The van der Waals surface area contributed by atoms with Crippen molar-refractivity contribution in [2.45, 2.75) is 13.0 Å². The maximum atomic E-state index is 13.7. The first-order chi connectivity index (χ1) is 20.3. The van der Waals surface area contributed by atoms with Crippen molar-refractivity contribution in [2.75, 3.05) is 44.7 Å². The van der Waals surface area contributed by atoms with Gasteiger partial charge in [-0.2, -0.15) is 0 Å². The van der Waals surface area contributed by atoms with Gasteiger partial charge in [-0.25, -0.2) is 0 Å². The number of hydrogen-bond acceptors (Lipinski definition) is 6. The van der Waals surface area contributed by atoms with E-state index >= 15 is 0 Å². The van der Waals surface area contributed by atoms with E-state index < -0.39 is 0 Å². The van der Waals surface area contributed by atoms with Gasteiger partial charge in [-0.05, 0) is 61.0 Å². The van der Waals surface area contributed by atoms with E-state index in [9.17, 15) is 9.59 Å². The maximum Gasteiger partial charge on any atom is 0.254 e. The lowest BCUT2D eigenvalue weighted by molar-refractivity contribution is -0.132. The van der Waals surface area contributed by atoms with E-state index in [1.54, 1.807) is 53.3 Å². The number of carbonyl (C=O) groups excluding carboxylic acids is 2. The molecule has 10 heteroatoms. The molecule has 3 aromatic carbocycles. The molecule has 0 bridgehead atoms. The summed E-state index contributed by atoms with van der Waals surface area (Å²) in [6.45, 7) is 4.11. The highest BCUT2D eigenvalue weighted by atomic mass is 35.5. The van der Waals surface area contributed by atoms with Crippen LogP contribution in [0.15, 0.2) is 84.9 Å². The molecule has 1 fully saturated rings. The van der Waals surface area contributed by atoms with Crippen molar-refractivity contribution in [1.82, 2.24) is 20.0 Å². The third-order valence-electron chi connectivity index (χ3n) is 7.45. The number of methoxy groups -OCH3 is 1. The predicted molar refractivity (Wildman–Crippen MR) is 165 cm³/mol. The minimum atomic E-state index is -0.307. The van der Waals surface area contributed by atoms with Gasteiger partial charge >= 0.3 is 0 Å². The molecule has 216 valence electrons. The number of anilines is 1. The SMILES string of the molecule is COc1cccc(C(=O)N(CC(=O)N2CCN(c3ccc(-c4ccc(Cl)cc4Cl)nn3)CC2)[C@H](C)c2ccccc2)c1. The molecule has 1 atom stereocenters. The summed E-state index contributed by atoms with van der Waals surface area (Å²) in [6, 6.07) is 25.5. The van der Waals surface area contributed by atoms with Crippen molar-refractivity contribution < 1.29 is 14.3 Å². The number of carbonyl (C=O) groups is 2. The summed E-state index contributed by atoms with van der Waals surface area (Å²) in [7, 11) is 1.56. The first-order valence-corrected chi connectivity index (χ1v) is 14.4. The van der Waals surface area contributed by atoms with E-state index in [2.05, 4.69) is 15.1 Å². The molecule has 1 aromatic heterocycles. The van der Waals surface area contributed by atoms with Gasteiger partial charge in [0.05, 0.1) is 23.9 Å². The van der Waals surface area contributed by atoms with E-state index in [-0.39, 0.29) is 24.4 Å². The zero-order valence-electron chi connectivity index (χ0n) is 23.4. The van der Waals surface area contributed by atoms with Crippen LogP contribution in [-0.2, 0) is 4.79 Å². The molecule has 8 nitrogen and oxygen atoms in total.